The molecular formula is C15H16O. The average Bonchev–Trinajstić information content (AvgIpc) is 2.29. The Morgan fingerprint density at radius 3 is 2.25 bits per heavy atom. The summed E-state index contributed by atoms with van der Waals surface area (Å²) in [5.74, 6) is 0.643. The minimum absolute atomic E-state index is 0.313. The van der Waals surface area contributed by atoms with Crippen LogP contribution < -0.4 is 0 Å². The van der Waals surface area contributed by atoms with E-state index in [0.29, 0.717) is 11.7 Å². The topological polar surface area (TPSA) is 20.2 Å². The summed E-state index contributed by atoms with van der Waals surface area (Å²) in [5, 5.41) is 9.45. The van der Waals surface area contributed by atoms with Crippen LogP contribution in [0, 0.1) is 6.92 Å². The van der Waals surface area contributed by atoms with Crippen molar-refractivity contribution in [1.29, 1.82) is 0 Å². The number of phenolic OH excluding ortho intramolecular Hbond substituents is 1. The third-order valence-electron chi connectivity index (χ3n) is 2.95. The third kappa shape index (κ3) is 2.25. The van der Waals surface area contributed by atoms with Gasteiger partial charge in [0.25, 0.3) is 0 Å². The summed E-state index contributed by atoms with van der Waals surface area (Å²) in [4.78, 5) is 0. The Bertz CT molecular complexity index is 471. The van der Waals surface area contributed by atoms with Crippen molar-refractivity contribution < 1.29 is 5.11 Å². The van der Waals surface area contributed by atoms with Crippen LogP contribution in [0.1, 0.15) is 29.5 Å². The van der Waals surface area contributed by atoms with Crippen LogP contribution in [0.4, 0.5) is 0 Å². The van der Waals surface area contributed by atoms with Gasteiger partial charge >= 0.3 is 0 Å². The lowest BCUT2D eigenvalue weighted by Crippen LogP contribution is -1.95. The standard InChI is InChI=1S/C15H16O/c1-11-6-8-13(9-7-11)12(2)14-4-3-5-15(16)10-14/h3-10,12,16H,1-2H3. The molecule has 0 saturated heterocycles. The Balaban J connectivity index is 2.31. The first-order valence-corrected chi connectivity index (χ1v) is 5.52. The summed E-state index contributed by atoms with van der Waals surface area (Å²) in [6, 6.07) is 16.0. The first-order chi connectivity index (χ1) is 7.66. The monoisotopic (exact) mass is 212 g/mol. The number of aryl methyl sites for hydroxylation is 1. The second-order valence-electron chi connectivity index (χ2n) is 4.23. The quantitative estimate of drug-likeness (QED) is 0.801. The number of phenols is 1. The van der Waals surface area contributed by atoms with Crippen LogP contribution in [-0.2, 0) is 0 Å². The predicted molar refractivity (Wildman–Crippen MR) is 66.8 cm³/mol. The summed E-state index contributed by atoms with van der Waals surface area (Å²) in [7, 11) is 0. The van der Waals surface area contributed by atoms with Gasteiger partial charge in [-0.25, -0.2) is 0 Å². The molecule has 2 aromatic rings. The van der Waals surface area contributed by atoms with Gasteiger partial charge in [0, 0.05) is 5.92 Å². The molecule has 0 aromatic heterocycles. The Kier molecular flexibility index (Phi) is 2.95. The largest absolute Gasteiger partial charge is 0.508 e. The van der Waals surface area contributed by atoms with Gasteiger partial charge in [0.05, 0.1) is 0 Å². The fraction of sp³-hybridized carbons (Fsp3) is 0.200. The maximum atomic E-state index is 9.45. The summed E-state index contributed by atoms with van der Waals surface area (Å²) in [6.45, 7) is 4.24. The molecule has 0 amide bonds. The molecule has 0 aliphatic rings. The van der Waals surface area contributed by atoms with E-state index in [4.69, 9.17) is 0 Å². The minimum atomic E-state index is 0.313. The summed E-state index contributed by atoms with van der Waals surface area (Å²) >= 11 is 0. The zero-order valence-corrected chi connectivity index (χ0v) is 9.64. The summed E-state index contributed by atoms with van der Waals surface area (Å²) in [6.07, 6.45) is 0. The van der Waals surface area contributed by atoms with E-state index in [1.54, 1.807) is 6.07 Å². The summed E-state index contributed by atoms with van der Waals surface area (Å²) in [5.41, 5.74) is 3.69. The van der Waals surface area contributed by atoms with Crippen molar-refractivity contribution in [3.8, 4) is 5.75 Å². The predicted octanol–water partition coefficient (Wildman–Crippen LogP) is 3.85. The normalized spacial score (nSPS) is 12.4. The van der Waals surface area contributed by atoms with Gasteiger partial charge in [-0.3, -0.25) is 0 Å². The second kappa shape index (κ2) is 4.40. The number of aromatic hydroxyl groups is 1. The molecule has 1 nitrogen and oxygen atoms in total. The van der Waals surface area contributed by atoms with E-state index in [-0.39, 0.29) is 0 Å². The van der Waals surface area contributed by atoms with Crippen molar-refractivity contribution >= 4 is 0 Å². The van der Waals surface area contributed by atoms with Crippen LogP contribution in [-0.4, -0.2) is 5.11 Å². The SMILES string of the molecule is Cc1ccc(C(C)c2cccc(O)c2)cc1. The fourth-order valence-electron chi connectivity index (χ4n) is 1.84. The van der Waals surface area contributed by atoms with E-state index in [1.165, 1.54) is 11.1 Å². The number of benzene rings is 2. The molecule has 1 unspecified atom stereocenters. The Labute approximate surface area is 96.4 Å². The van der Waals surface area contributed by atoms with Crippen LogP contribution in [0.25, 0.3) is 0 Å². The molecule has 1 atom stereocenters. The van der Waals surface area contributed by atoms with Crippen molar-refractivity contribution in [3.63, 3.8) is 0 Å². The molecular weight excluding hydrogens is 196 g/mol. The molecule has 0 bridgehead atoms. The van der Waals surface area contributed by atoms with E-state index in [9.17, 15) is 5.11 Å². The van der Waals surface area contributed by atoms with Gasteiger partial charge in [0.15, 0.2) is 0 Å². The molecule has 2 rings (SSSR count). The van der Waals surface area contributed by atoms with Crippen molar-refractivity contribution in [2.24, 2.45) is 0 Å². The Morgan fingerprint density at radius 1 is 0.938 bits per heavy atom. The van der Waals surface area contributed by atoms with Gasteiger partial charge in [-0.05, 0) is 30.2 Å². The molecule has 0 radical (unpaired) electrons. The van der Waals surface area contributed by atoms with E-state index in [1.807, 2.05) is 18.2 Å². The first kappa shape index (κ1) is 10.7. The molecule has 82 valence electrons. The lowest BCUT2D eigenvalue weighted by molar-refractivity contribution is 0.474. The maximum absolute atomic E-state index is 9.45. The highest BCUT2D eigenvalue weighted by atomic mass is 16.3. The second-order valence-corrected chi connectivity index (χ2v) is 4.23. The van der Waals surface area contributed by atoms with E-state index in [2.05, 4.69) is 38.1 Å². The maximum Gasteiger partial charge on any atom is 0.115 e. The van der Waals surface area contributed by atoms with Gasteiger partial charge in [0.1, 0.15) is 5.75 Å². The van der Waals surface area contributed by atoms with Crippen molar-refractivity contribution in [2.45, 2.75) is 19.8 Å². The van der Waals surface area contributed by atoms with Crippen LogP contribution in [0.15, 0.2) is 48.5 Å². The molecule has 1 heteroatoms. The minimum Gasteiger partial charge on any atom is -0.508 e. The molecule has 0 saturated carbocycles. The number of hydrogen-bond acceptors (Lipinski definition) is 1. The molecule has 0 aliphatic heterocycles. The average molecular weight is 212 g/mol. The molecule has 0 heterocycles. The van der Waals surface area contributed by atoms with Gasteiger partial charge in [-0.2, -0.15) is 0 Å². The third-order valence-corrected chi connectivity index (χ3v) is 2.95. The molecule has 0 aliphatic carbocycles. The fourth-order valence-corrected chi connectivity index (χ4v) is 1.84. The van der Waals surface area contributed by atoms with Crippen molar-refractivity contribution in [1.82, 2.24) is 0 Å². The molecule has 2 aromatic carbocycles. The lowest BCUT2D eigenvalue weighted by atomic mass is 9.92. The molecule has 0 spiro atoms. The van der Waals surface area contributed by atoms with Gasteiger partial charge in [-0.15, -0.1) is 0 Å². The van der Waals surface area contributed by atoms with Gasteiger partial charge < -0.3 is 5.11 Å². The highest BCUT2D eigenvalue weighted by Gasteiger charge is 2.08. The number of rotatable bonds is 2. The molecule has 1 N–H and O–H groups in total. The summed E-state index contributed by atoms with van der Waals surface area (Å²) < 4.78 is 0. The van der Waals surface area contributed by atoms with E-state index >= 15 is 0 Å². The zero-order chi connectivity index (χ0) is 11.5. The zero-order valence-electron chi connectivity index (χ0n) is 9.64. The first-order valence-electron chi connectivity index (χ1n) is 5.52. The van der Waals surface area contributed by atoms with Crippen LogP contribution >= 0.6 is 0 Å². The number of hydrogen-bond donors (Lipinski definition) is 1. The van der Waals surface area contributed by atoms with Gasteiger partial charge in [0.2, 0.25) is 0 Å². The smallest absolute Gasteiger partial charge is 0.115 e. The highest BCUT2D eigenvalue weighted by Crippen LogP contribution is 2.26. The highest BCUT2D eigenvalue weighted by molar-refractivity contribution is 5.36. The lowest BCUT2D eigenvalue weighted by Gasteiger charge is -2.12. The Hall–Kier alpha value is -1.76. The van der Waals surface area contributed by atoms with Crippen molar-refractivity contribution in [2.75, 3.05) is 0 Å². The van der Waals surface area contributed by atoms with E-state index < -0.39 is 0 Å². The molecule has 16 heavy (non-hydrogen) atoms. The van der Waals surface area contributed by atoms with Crippen molar-refractivity contribution in [3.05, 3.63) is 65.2 Å². The molecule has 0 fully saturated rings. The van der Waals surface area contributed by atoms with Crippen LogP contribution in [0.2, 0.25) is 0 Å². The van der Waals surface area contributed by atoms with Gasteiger partial charge in [-0.1, -0.05) is 48.9 Å². The van der Waals surface area contributed by atoms with E-state index in [0.717, 1.165) is 5.56 Å². The van der Waals surface area contributed by atoms with Crippen LogP contribution in [0.3, 0.4) is 0 Å². The van der Waals surface area contributed by atoms with Crippen LogP contribution in [0.5, 0.6) is 5.75 Å². The Morgan fingerprint density at radius 2 is 1.62 bits per heavy atom.